The number of nitrogens with zero attached hydrogens (tertiary/aromatic N) is 4. The Morgan fingerprint density at radius 1 is 1.33 bits per heavy atom. The van der Waals surface area contributed by atoms with Crippen LogP contribution in [0.25, 0.3) is 5.69 Å². The number of aromatic nitrogens is 3. The van der Waals surface area contributed by atoms with Gasteiger partial charge in [0.05, 0.1) is 18.1 Å². The summed E-state index contributed by atoms with van der Waals surface area (Å²) in [5.41, 5.74) is 1.35. The lowest BCUT2D eigenvalue weighted by atomic mass is 10.1. The summed E-state index contributed by atoms with van der Waals surface area (Å²) < 4.78 is 1.61. The Bertz CT molecular complexity index is 726. The molecule has 1 atom stereocenters. The van der Waals surface area contributed by atoms with Gasteiger partial charge >= 0.3 is 0 Å². The molecule has 0 radical (unpaired) electrons. The number of carbonyl (C=O) groups excluding carboxylic acids is 2. The Balaban J connectivity index is 1.64. The first-order chi connectivity index (χ1) is 11.5. The molecule has 0 unspecified atom stereocenters. The van der Waals surface area contributed by atoms with Crippen molar-refractivity contribution >= 4 is 11.8 Å². The number of benzene rings is 1. The van der Waals surface area contributed by atoms with Crippen molar-refractivity contribution in [2.75, 3.05) is 13.1 Å². The van der Waals surface area contributed by atoms with E-state index in [0.29, 0.717) is 18.7 Å². The molecule has 7 nitrogen and oxygen atoms in total. The Morgan fingerprint density at radius 2 is 2.17 bits per heavy atom. The first-order valence-electron chi connectivity index (χ1n) is 8.11. The molecule has 24 heavy (non-hydrogen) atoms. The van der Waals surface area contributed by atoms with Crippen molar-refractivity contribution in [3.63, 3.8) is 0 Å². The molecule has 1 saturated heterocycles. The van der Waals surface area contributed by atoms with Crippen LogP contribution in [-0.4, -0.2) is 50.8 Å². The van der Waals surface area contributed by atoms with E-state index in [1.165, 1.54) is 0 Å². The Kier molecular flexibility index (Phi) is 4.59. The normalized spacial score (nSPS) is 17.3. The van der Waals surface area contributed by atoms with Gasteiger partial charge in [0.25, 0.3) is 5.91 Å². The van der Waals surface area contributed by atoms with Gasteiger partial charge in [0.2, 0.25) is 5.91 Å². The van der Waals surface area contributed by atoms with Gasteiger partial charge in [-0.2, -0.15) is 0 Å². The van der Waals surface area contributed by atoms with Crippen LogP contribution in [-0.2, 0) is 4.79 Å². The maximum atomic E-state index is 12.5. The summed E-state index contributed by atoms with van der Waals surface area (Å²) in [6, 6.07) is 7.21. The molecule has 1 aromatic carbocycles. The smallest absolute Gasteiger partial charge is 0.251 e. The molecule has 2 aromatic rings. The number of hydrogen-bond donors (Lipinski definition) is 1. The van der Waals surface area contributed by atoms with Crippen LogP contribution in [0.4, 0.5) is 0 Å². The van der Waals surface area contributed by atoms with E-state index in [0.717, 1.165) is 12.1 Å². The molecule has 7 heteroatoms. The zero-order chi connectivity index (χ0) is 17.1. The quantitative estimate of drug-likeness (QED) is 0.916. The van der Waals surface area contributed by atoms with Crippen LogP contribution in [0, 0.1) is 5.92 Å². The Morgan fingerprint density at radius 3 is 2.88 bits per heavy atom. The molecule has 0 saturated carbocycles. The highest BCUT2D eigenvalue weighted by Gasteiger charge is 2.28. The van der Waals surface area contributed by atoms with E-state index >= 15 is 0 Å². The predicted molar refractivity (Wildman–Crippen MR) is 88.6 cm³/mol. The number of amides is 2. The lowest BCUT2D eigenvalue weighted by molar-refractivity contribution is -0.133. The van der Waals surface area contributed by atoms with Gasteiger partial charge in [0, 0.05) is 30.6 Å². The number of carbonyl (C=O) groups is 2. The largest absolute Gasteiger partial charge is 0.347 e. The third-order valence-electron chi connectivity index (χ3n) is 4.12. The monoisotopic (exact) mass is 327 g/mol. The molecule has 126 valence electrons. The number of rotatable bonds is 4. The van der Waals surface area contributed by atoms with E-state index in [2.05, 4.69) is 15.6 Å². The molecule has 2 amide bonds. The van der Waals surface area contributed by atoms with Gasteiger partial charge in [-0.1, -0.05) is 25.1 Å². The minimum atomic E-state index is -0.138. The molecule has 1 aliphatic heterocycles. The minimum Gasteiger partial charge on any atom is -0.347 e. The molecule has 2 heterocycles. The summed E-state index contributed by atoms with van der Waals surface area (Å²) >= 11 is 0. The van der Waals surface area contributed by atoms with Gasteiger partial charge in [0.15, 0.2) is 0 Å². The fraction of sp³-hybridized carbons (Fsp3) is 0.412. The SMILES string of the molecule is CC(C)C(=O)N1CC[C@@H](NC(=O)c2cccc(-n3ccnn3)c2)C1. The highest BCUT2D eigenvalue weighted by Crippen LogP contribution is 2.14. The second kappa shape index (κ2) is 6.82. The van der Waals surface area contributed by atoms with Crippen molar-refractivity contribution in [1.82, 2.24) is 25.2 Å². The summed E-state index contributed by atoms with van der Waals surface area (Å²) in [5, 5.41) is 10.7. The van der Waals surface area contributed by atoms with Crippen molar-refractivity contribution < 1.29 is 9.59 Å². The van der Waals surface area contributed by atoms with Crippen LogP contribution in [0.2, 0.25) is 0 Å². The summed E-state index contributed by atoms with van der Waals surface area (Å²) in [6.45, 7) is 5.06. The first-order valence-corrected chi connectivity index (χ1v) is 8.11. The van der Waals surface area contributed by atoms with Crippen molar-refractivity contribution in [3.05, 3.63) is 42.2 Å². The van der Waals surface area contributed by atoms with Gasteiger partial charge in [-0.3, -0.25) is 9.59 Å². The van der Waals surface area contributed by atoms with Crippen molar-refractivity contribution in [2.24, 2.45) is 5.92 Å². The summed E-state index contributed by atoms with van der Waals surface area (Å²) in [4.78, 5) is 26.3. The minimum absolute atomic E-state index is 0.00442. The van der Waals surface area contributed by atoms with Crippen LogP contribution in [0.15, 0.2) is 36.7 Å². The van der Waals surface area contributed by atoms with Crippen molar-refractivity contribution in [3.8, 4) is 5.69 Å². The number of hydrogen-bond acceptors (Lipinski definition) is 4. The maximum absolute atomic E-state index is 12.5. The average molecular weight is 327 g/mol. The highest BCUT2D eigenvalue weighted by atomic mass is 16.2. The zero-order valence-corrected chi connectivity index (χ0v) is 13.8. The van der Waals surface area contributed by atoms with Crippen LogP contribution in [0.5, 0.6) is 0 Å². The van der Waals surface area contributed by atoms with Crippen molar-refractivity contribution in [1.29, 1.82) is 0 Å². The van der Waals surface area contributed by atoms with Gasteiger partial charge in [-0.25, -0.2) is 4.68 Å². The lowest BCUT2D eigenvalue weighted by Crippen LogP contribution is -2.39. The molecule has 1 aromatic heterocycles. The molecular formula is C17H21N5O2. The number of nitrogens with one attached hydrogen (secondary N) is 1. The Hall–Kier alpha value is -2.70. The summed E-state index contributed by atoms with van der Waals surface area (Å²) in [7, 11) is 0. The van der Waals surface area contributed by atoms with E-state index in [-0.39, 0.29) is 23.8 Å². The van der Waals surface area contributed by atoms with Gasteiger partial charge in [-0.15, -0.1) is 5.10 Å². The fourth-order valence-corrected chi connectivity index (χ4v) is 2.85. The molecule has 0 aliphatic carbocycles. The van der Waals surface area contributed by atoms with E-state index in [9.17, 15) is 9.59 Å². The van der Waals surface area contributed by atoms with Gasteiger partial charge < -0.3 is 10.2 Å². The van der Waals surface area contributed by atoms with E-state index < -0.39 is 0 Å². The van der Waals surface area contributed by atoms with Gasteiger partial charge in [-0.05, 0) is 24.6 Å². The topological polar surface area (TPSA) is 80.1 Å². The van der Waals surface area contributed by atoms with Gasteiger partial charge in [0.1, 0.15) is 0 Å². The van der Waals surface area contributed by atoms with Crippen LogP contribution < -0.4 is 5.32 Å². The molecule has 0 spiro atoms. The molecule has 1 N–H and O–H groups in total. The van der Waals surface area contributed by atoms with E-state index in [4.69, 9.17) is 0 Å². The fourth-order valence-electron chi connectivity index (χ4n) is 2.85. The standard InChI is InChI=1S/C17H21N5O2/c1-12(2)17(24)21-8-6-14(11-21)19-16(23)13-4-3-5-15(10-13)22-9-7-18-20-22/h3-5,7,9-10,12,14H,6,8,11H2,1-2H3,(H,19,23)/t14-/m1/s1. The second-order valence-corrected chi connectivity index (χ2v) is 6.30. The average Bonchev–Trinajstić information content (AvgIpc) is 3.26. The second-order valence-electron chi connectivity index (χ2n) is 6.30. The maximum Gasteiger partial charge on any atom is 0.251 e. The highest BCUT2D eigenvalue weighted by molar-refractivity contribution is 5.95. The van der Waals surface area contributed by atoms with Crippen molar-refractivity contribution in [2.45, 2.75) is 26.3 Å². The molecule has 1 aliphatic rings. The van der Waals surface area contributed by atoms with Crippen LogP contribution in [0.1, 0.15) is 30.6 Å². The predicted octanol–water partition coefficient (Wildman–Crippen LogP) is 1.25. The Labute approximate surface area is 140 Å². The first kappa shape index (κ1) is 16.2. The summed E-state index contributed by atoms with van der Waals surface area (Å²) in [6.07, 6.45) is 4.10. The third kappa shape index (κ3) is 3.45. The zero-order valence-electron chi connectivity index (χ0n) is 13.8. The molecular weight excluding hydrogens is 306 g/mol. The summed E-state index contributed by atoms with van der Waals surface area (Å²) in [5.74, 6) is -0.0143. The third-order valence-corrected chi connectivity index (χ3v) is 4.12. The molecule has 0 bridgehead atoms. The van der Waals surface area contributed by atoms with Crippen LogP contribution >= 0.6 is 0 Å². The molecule has 3 rings (SSSR count). The lowest BCUT2D eigenvalue weighted by Gasteiger charge is -2.19. The van der Waals surface area contributed by atoms with E-state index in [1.54, 1.807) is 29.2 Å². The number of likely N-dealkylation sites (tertiary alicyclic amines) is 1. The molecule has 1 fully saturated rings. The van der Waals surface area contributed by atoms with E-state index in [1.807, 2.05) is 30.9 Å². The van der Waals surface area contributed by atoms with Crippen LogP contribution in [0.3, 0.4) is 0 Å².